The second-order valence-electron chi connectivity index (χ2n) is 5.37. The van der Waals surface area contributed by atoms with Crippen LogP contribution in [0.25, 0.3) is 0 Å². The fraction of sp³-hybridized carbons (Fsp3) is 0.929. The van der Waals surface area contributed by atoms with Gasteiger partial charge in [-0.2, -0.15) is 0 Å². The summed E-state index contributed by atoms with van der Waals surface area (Å²) in [6.45, 7) is 9.41. The van der Waals surface area contributed by atoms with Gasteiger partial charge in [0.15, 0.2) is 0 Å². The van der Waals surface area contributed by atoms with Crippen LogP contribution in [0.4, 0.5) is 0 Å². The summed E-state index contributed by atoms with van der Waals surface area (Å²) in [5, 5.41) is 0. The molecule has 0 saturated carbocycles. The van der Waals surface area contributed by atoms with Crippen LogP contribution in [0.5, 0.6) is 0 Å². The first-order valence-electron chi connectivity index (χ1n) is 7.22. The normalized spacial score (nSPS) is 20.4. The predicted molar refractivity (Wildman–Crippen MR) is 73.2 cm³/mol. The highest BCUT2D eigenvalue weighted by Gasteiger charge is 2.29. The fourth-order valence-electron chi connectivity index (χ4n) is 2.37. The average Bonchev–Trinajstić information content (AvgIpc) is 2.43. The Hall–Kier alpha value is -0.610. The molecule has 1 saturated heterocycles. The molecule has 0 aromatic rings. The Bertz CT molecular complexity index is 248. The Balaban J connectivity index is 2.53. The lowest BCUT2D eigenvalue weighted by atomic mass is 9.91. The van der Waals surface area contributed by atoms with E-state index in [1.54, 1.807) is 0 Å². The van der Waals surface area contributed by atoms with Crippen molar-refractivity contribution in [2.75, 3.05) is 26.3 Å². The van der Waals surface area contributed by atoms with Crippen molar-refractivity contribution >= 4 is 5.91 Å². The van der Waals surface area contributed by atoms with Gasteiger partial charge in [-0.05, 0) is 31.6 Å². The monoisotopic (exact) mass is 256 g/mol. The van der Waals surface area contributed by atoms with Gasteiger partial charge in [0.25, 0.3) is 0 Å². The summed E-state index contributed by atoms with van der Waals surface area (Å²) in [5.74, 6) is 0.942. The number of carbonyl (C=O) groups excluding carboxylic acids is 1. The number of likely N-dealkylation sites (N-methyl/N-ethyl adjacent to an activating group) is 1. The van der Waals surface area contributed by atoms with Gasteiger partial charge in [-0.15, -0.1) is 0 Å². The van der Waals surface area contributed by atoms with Crippen molar-refractivity contribution < 1.29 is 9.53 Å². The van der Waals surface area contributed by atoms with Gasteiger partial charge in [0.05, 0.1) is 6.04 Å². The first-order chi connectivity index (χ1) is 8.60. The molecular formula is C14H28N2O2. The molecule has 1 aliphatic rings. The van der Waals surface area contributed by atoms with Gasteiger partial charge in [-0.1, -0.05) is 20.3 Å². The van der Waals surface area contributed by atoms with Crippen LogP contribution < -0.4 is 5.73 Å². The van der Waals surface area contributed by atoms with Crippen LogP contribution in [0.15, 0.2) is 0 Å². The molecule has 0 aromatic heterocycles. The third-order valence-corrected chi connectivity index (χ3v) is 3.98. The molecule has 2 unspecified atom stereocenters. The Morgan fingerprint density at radius 2 is 2.00 bits per heavy atom. The number of nitrogens with two attached hydrogens (primary N) is 1. The molecule has 1 aliphatic heterocycles. The number of ether oxygens (including phenoxy) is 1. The summed E-state index contributed by atoms with van der Waals surface area (Å²) in [6.07, 6.45) is 2.91. The van der Waals surface area contributed by atoms with Crippen molar-refractivity contribution in [2.45, 2.75) is 46.1 Å². The van der Waals surface area contributed by atoms with Crippen LogP contribution >= 0.6 is 0 Å². The zero-order valence-electron chi connectivity index (χ0n) is 12.0. The lowest BCUT2D eigenvalue weighted by Crippen LogP contribution is -2.50. The Morgan fingerprint density at radius 3 is 2.50 bits per heavy atom. The minimum Gasteiger partial charge on any atom is -0.381 e. The van der Waals surface area contributed by atoms with Crippen LogP contribution in [-0.2, 0) is 9.53 Å². The van der Waals surface area contributed by atoms with Crippen LogP contribution in [-0.4, -0.2) is 43.2 Å². The maximum atomic E-state index is 12.4. The first-order valence-corrected chi connectivity index (χ1v) is 7.22. The maximum absolute atomic E-state index is 12.4. The van der Waals surface area contributed by atoms with E-state index < -0.39 is 0 Å². The van der Waals surface area contributed by atoms with E-state index in [9.17, 15) is 4.79 Å². The number of nitrogens with zero attached hydrogens (tertiary/aromatic N) is 1. The van der Waals surface area contributed by atoms with E-state index >= 15 is 0 Å². The molecule has 4 heteroatoms. The number of rotatable bonds is 6. The minimum absolute atomic E-state index is 0.115. The second-order valence-corrected chi connectivity index (χ2v) is 5.37. The van der Waals surface area contributed by atoms with Gasteiger partial charge in [0, 0.05) is 26.3 Å². The number of carbonyl (C=O) groups is 1. The van der Waals surface area contributed by atoms with E-state index in [0.717, 1.165) is 45.6 Å². The number of amides is 1. The van der Waals surface area contributed by atoms with Crippen molar-refractivity contribution in [1.29, 1.82) is 0 Å². The summed E-state index contributed by atoms with van der Waals surface area (Å²) in [6, 6.07) is -0.349. The molecular weight excluding hydrogens is 228 g/mol. The molecule has 1 rings (SSSR count). The topological polar surface area (TPSA) is 55.6 Å². The SMILES string of the molecule is CCC(C)CN(CC)C(=O)C(N)C1CCOCC1. The van der Waals surface area contributed by atoms with Gasteiger partial charge in [-0.25, -0.2) is 0 Å². The molecule has 0 radical (unpaired) electrons. The molecule has 106 valence electrons. The van der Waals surface area contributed by atoms with Crippen LogP contribution in [0.1, 0.15) is 40.0 Å². The highest BCUT2D eigenvalue weighted by Crippen LogP contribution is 2.19. The number of hydrogen-bond donors (Lipinski definition) is 1. The zero-order valence-corrected chi connectivity index (χ0v) is 12.0. The van der Waals surface area contributed by atoms with E-state index in [4.69, 9.17) is 10.5 Å². The van der Waals surface area contributed by atoms with Crippen LogP contribution in [0, 0.1) is 11.8 Å². The van der Waals surface area contributed by atoms with E-state index in [-0.39, 0.29) is 17.9 Å². The molecule has 4 nitrogen and oxygen atoms in total. The molecule has 2 N–H and O–H groups in total. The summed E-state index contributed by atoms with van der Waals surface area (Å²) < 4.78 is 5.32. The summed E-state index contributed by atoms with van der Waals surface area (Å²) >= 11 is 0. The largest absolute Gasteiger partial charge is 0.381 e. The number of hydrogen-bond acceptors (Lipinski definition) is 3. The lowest BCUT2D eigenvalue weighted by Gasteiger charge is -2.32. The van der Waals surface area contributed by atoms with Gasteiger partial charge >= 0.3 is 0 Å². The smallest absolute Gasteiger partial charge is 0.239 e. The Morgan fingerprint density at radius 1 is 1.39 bits per heavy atom. The quantitative estimate of drug-likeness (QED) is 0.786. The van der Waals surface area contributed by atoms with Crippen molar-refractivity contribution in [1.82, 2.24) is 4.90 Å². The molecule has 0 aliphatic carbocycles. The standard InChI is InChI=1S/C14H28N2O2/c1-4-11(3)10-16(5-2)14(17)13(15)12-6-8-18-9-7-12/h11-13H,4-10,15H2,1-3H3. The first kappa shape index (κ1) is 15.4. The highest BCUT2D eigenvalue weighted by atomic mass is 16.5. The maximum Gasteiger partial charge on any atom is 0.239 e. The molecule has 1 heterocycles. The summed E-state index contributed by atoms with van der Waals surface area (Å²) in [5.41, 5.74) is 6.14. The summed E-state index contributed by atoms with van der Waals surface area (Å²) in [7, 11) is 0. The van der Waals surface area contributed by atoms with Crippen molar-refractivity contribution in [3.8, 4) is 0 Å². The van der Waals surface area contributed by atoms with Crippen molar-refractivity contribution in [3.63, 3.8) is 0 Å². The van der Waals surface area contributed by atoms with Crippen LogP contribution in [0.2, 0.25) is 0 Å². The Kier molecular flexibility index (Phi) is 6.65. The molecule has 1 fully saturated rings. The molecule has 18 heavy (non-hydrogen) atoms. The predicted octanol–water partition coefficient (Wildman–Crippen LogP) is 1.63. The highest BCUT2D eigenvalue weighted by molar-refractivity contribution is 5.82. The third kappa shape index (κ3) is 4.25. The molecule has 1 amide bonds. The lowest BCUT2D eigenvalue weighted by molar-refractivity contribution is -0.135. The van der Waals surface area contributed by atoms with Gasteiger partial charge in [-0.3, -0.25) is 4.79 Å². The van der Waals surface area contributed by atoms with E-state index in [1.807, 2.05) is 11.8 Å². The van der Waals surface area contributed by atoms with E-state index in [1.165, 1.54) is 0 Å². The van der Waals surface area contributed by atoms with Gasteiger partial charge < -0.3 is 15.4 Å². The zero-order chi connectivity index (χ0) is 13.5. The Labute approximate surface area is 111 Å². The van der Waals surface area contributed by atoms with E-state index in [0.29, 0.717) is 5.92 Å². The van der Waals surface area contributed by atoms with E-state index in [2.05, 4.69) is 13.8 Å². The van der Waals surface area contributed by atoms with Gasteiger partial charge in [0.1, 0.15) is 0 Å². The second kappa shape index (κ2) is 7.74. The minimum atomic E-state index is -0.349. The fourth-order valence-corrected chi connectivity index (χ4v) is 2.37. The van der Waals surface area contributed by atoms with Crippen LogP contribution in [0.3, 0.4) is 0 Å². The van der Waals surface area contributed by atoms with Crippen molar-refractivity contribution in [2.24, 2.45) is 17.6 Å². The molecule has 0 bridgehead atoms. The molecule has 0 aromatic carbocycles. The third-order valence-electron chi connectivity index (χ3n) is 3.98. The summed E-state index contributed by atoms with van der Waals surface area (Å²) in [4.78, 5) is 14.3. The molecule has 0 spiro atoms. The average molecular weight is 256 g/mol. The molecule has 2 atom stereocenters. The van der Waals surface area contributed by atoms with Crippen molar-refractivity contribution in [3.05, 3.63) is 0 Å². The van der Waals surface area contributed by atoms with Gasteiger partial charge in [0.2, 0.25) is 5.91 Å².